The van der Waals surface area contributed by atoms with Gasteiger partial charge in [-0.3, -0.25) is 14.4 Å². The molecule has 10 heteroatoms. The molecule has 152 valence electrons. The van der Waals surface area contributed by atoms with Crippen LogP contribution in [0.4, 0.5) is 5.69 Å². The molecule has 1 aromatic rings. The van der Waals surface area contributed by atoms with Crippen LogP contribution in [-0.4, -0.2) is 54.2 Å². The number of hydrogen-bond acceptors (Lipinski definition) is 8. The van der Waals surface area contributed by atoms with Gasteiger partial charge in [0.05, 0.1) is 0 Å². The summed E-state index contributed by atoms with van der Waals surface area (Å²) in [5.74, 6) is -1.70. The number of para-hydroxylation sites is 1. The SMILES string of the molecule is CC(=O)OC[C@H]1O[C@@H](NC(=S)Nc2ccccc2)[C@H](OC(C)=O)[C@@H]1OC(C)=O. The Morgan fingerprint density at radius 1 is 1.00 bits per heavy atom. The summed E-state index contributed by atoms with van der Waals surface area (Å²) < 4.78 is 21.3. The van der Waals surface area contributed by atoms with Crippen molar-refractivity contribution in [2.24, 2.45) is 0 Å². The van der Waals surface area contributed by atoms with E-state index in [0.717, 1.165) is 5.69 Å². The maximum atomic E-state index is 11.5. The second-order valence-electron chi connectivity index (χ2n) is 6.01. The number of thiocarbonyl (C=S) groups is 1. The second-order valence-corrected chi connectivity index (χ2v) is 6.42. The Balaban J connectivity index is 2.14. The highest BCUT2D eigenvalue weighted by molar-refractivity contribution is 7.80. The third kappa shape index (κ3) is 6.46. The van der Waals surface area contributed by atoms with E-state index in [9.17, 15) is 14.4 Å². The molecule has 1 aliphatic heterocycles. The van der Waals surface area contributed by atoms with Crippen molar-refractivity contribution in [2.75, 3.05) is 11.9 Å². The molecular weight excluding hydrogens is 388 g/mol. The van der Waals surface area contributed by atoms with Crippen LogP contribution in [0.15, 0.2) is 30.3 Å². The minimum absolute atomic E-state index is 0.178. The van der Waals surface area contributed by atoms with Crippen LogP contribution in [-0.2, 0) is 33.3 Å². The molecule has 9 nitrogen and oxygen atoms in total. The molecule has 0 bridgehead atoms. The minimum atomic E-state index is -0.988. The van der Waals surface area contributed by atoms with Crippen molar-refractivity contribution in [3.8, 4) is 0 Å². The Bertz CT molecular complexity index is 728. The van der Waals surface area contributed by atoms with E-state index in [1.54, 1.807) is 0 Å². The van der Waals surface area contributed by atoms with Gasteiger partial charge in [0.25, 0.3) is 0 Å². The van der Waals surface area contributed by atoms with Gasteiger partial charge in [-0.25, -0.2) is 0 Å². The van der Waals surface area contributed by atoms with Gasteiger partial charge in [-0.2, -0.15) is 0 Å². The van der Waals surface area contributed by atoms with E-state index in [1.807, 2.05) is 30.3 Å². The molecular formula is C18H22N2O7S. The van der Waals surface area contributed by atoms with Crippen molar-refractivity contribution in [2.45, 2.75) is 45.3 Å². The molecule has 1 aromatic carbocycles. The van der Waals surface area contributed by atoms with Crippen LogP contribution in [0.1, 0.15) is 20.8 Å². The Morgan fingerprint density at radius 2 is 1.61 bits per heavy atom. The number of hydrogen-bond donors (Lipinski definition) is 2. The zero-order chi connectivity index (χ0) is 20.7. The van der Waals surface area contributed by atoms with Gasteiger partial charge in [0.1, 0.15) is 12.7 Å². The first-order valence-electron chi connectivity index (χ1n) is 8.52. The monoisotopic (exact) mass is 410 g/mol. The molecule has 0 aliphatic carbocycles. The van der Waals surface area contributed by atoms with Gasteiger partial charge in [0.15, 0.2) is 23.5 Å². The summed E-state index contributed by atoms with van der Waals surface area (Å²) in [6.07, 6.45) is -3.72. The van der Waals surface area contributed by atoms with Crippen molar-refractivity contribution < 1.29 is 33.3 Å². The smallest absolute Gasteiger partial charge is 0.303 e. The molecule has 0 aromatic heterocycles. The number of esters is 3. The van der Waals surface area contributed by atoms with E-state index in [-0.39, 0.29) is 11.7 Å². The van der Waals surface area contributed by atoms with Crippen LogP contribution < -0.4 is 10.6 Å². The molecule has 0 amide bonds. The Labute approximate surface area is 167 Å². The lowest BCUT2D eigenvalue weighted by molar-refractivity contribution is -0.165. The quantitative estimate of drug-likeness (QED) is 0.402. The number of nitrogens with one attached hydrogen (secondary N) is 2. The summed E-state index contributed by atoms with van der Waals surface area (Å²) in [6.45, 7) is 3.51. The average molecular weight is 410 g/mol. The number of carbonyl (C=O) groups excluding carboxylic acids is 3. The number of anilines is 1. The zero-order valence-electron chi connectivity index (χ0n) is 15.7. The maximum absolute atomic E-state index is 11.5. The van der Waals surface area contributed by atoms with Crippen LogP contribution in [0.3, 0.4) is 0 Å². The van der Waals surface area contributed by atoms with E-state index >= 15 is 0 Å². The molecule has 28 heavy (non-hydrogen) atoms. The van der Waals surface area contributed by atoms with Crippen LogP contribution in [0, 0.1) is 0 Å². The van der Waals surface area contributed by atoms with Gasteiger partial charge >= 0.3 is 17.9 Å². The molecule has 4 atom stereocenters. The lowest BCUT2D eigenvalue weighted by Crippen LogP contribution is -2.48. The van der Waals surface area contributed by atoms with Crippen LogP contribution in [0.25, 0.3) is 0 Å². The van der Waals surface area contributed by atoms with E-state index in [4.69, 9.17) is 31.2 Å². The fourth-order valence-electron chi connectivity index (χ4n) is 2.65. The lowest BCUT2D eigenvalue weighted by Gasteiger charge is -2.24. The Kier molecular flexibility index (Phi) is 7.70. The van der Waals surface area contributed by atoms with E-state index < -0.39 is 42.4 Å². The first-order chi connectivity index (χ1) is 13.3. The molecule has 1 saturated heterocycles. The summed E-state index contributed by atoms with van der Waals surface area (Å²) >= 11 is 5.27. The summed E-state index contributed by atoms with van der Waals surface area (Å²) in [5.41, 5.74) is 0.745. The van der Waals surface area contributed by atoms with Crippen molar-refractivity contribution in [1.82, 2.24) is 5.32 Å². The largest absolute Gasteiger partial charge is 0.463 e. The van der Waals surface area contributed by atoms with Crippen molar-refractivity contribution >= 4 is 40.9 Å². The number of carbonyl (C=O) groups is 3. The van der Waals surface area contributed by atoms with Crippen molar-refractivity contribution in [1.29, 1.82) is 0 Å². The van der Waals surface area contributed by atoms with E-state index in [0.29, 0.717) is 0 Å². The predicted molar refractivity (Wildman–Crippen MR) is 102 cm³/mol. The van der Waals surface area contributed by atoms with Crippen molar-refractivity contribution in [3.63, 3.8) is 0 Å². The molecule has 0 saturated carbocycles. The van der Waals surface area contributed by atoms with Gasteiger partial charge in [-0.15, -0.1) is 0 Å². The number of ether oxygens (including phenoxy) is 4. The van der Waals surface area contributed by atoms with Crippen molar-refractivity contribution in [3.05, 3.63) is 30.3 Å². The minimum Gasteiger partial charge on any atom is -0.463 e. The molecule has 1 heterocycles. The molecule has 1 fully saturated rings. The summed E-state index contributed by atoms with van der Waals surface area (Å²) in [7, 11) is 0. The molecule has 1 aliphatic rings. The van der Waals surface area contributed by atoms with Gasteiger partial charge in [-0.1, -0.05) is 18.2 Å². The van der Waals surface area contributed by atoms with Crippen LogP contribution in [0.2, 0.25) is 0 Å². The number of rotatable bonds is 6. The molecule has 2 N–H and O–H groups in total. The van der Waals surface area contributed by atoms with E-state index in [1.165, 1.54) is 20.8 Å². The zero-order valence-corrected chi connectivity index (χ0v) is 16.5. The highest BCUT2D eigenvalue weighted by Crippen LogP contribution is 2.26. The van der Waals surface area contributed by atoms with Gasteiger partial charge in [0, 0.05) is 26.5 Å². The normalized spacial score (nSPS) is 23.4. The van der Waals surface area contributed by atoms with Gasteiger partial charge in [0.2, 0.25) is 0 Å². The molecule has 2 rings (SSSR count). The highest BCUT2D eigenvalue weighted by Gasteiger charge is 2.50. The molecule has 0 spiro atoms. The highest BCUT2D eigenvalue weighted by atomic mass is 32.1. The fraction of sp³-hybridized carbons (Fsp3) is 0.444. The second kappa shape index (κ2) is 10.00. The first kappa shape index (κ1) is 21.6. The third-order valence-corrected chi connectivity index (χ3v) is 3.89. The van der Waals surface area contributed by atoms with Crippen LogP contribution >= 0.6 is 12.2 Å². The van der Waals surface area contributed by atoms with E-state index in [2.05, 4.69) is 10.6 Å². The molecule has 0 unspecified atom stereocenters. The Morgan fingerprint density at radius 3 is 2.18 bits per heavy atom. The standard InChI is InChI=1S/C18H22N2O7S/c1-10(21)24-9-14-15(25-11(2)22)16(26-12(3)23)17(27-14)20-18(28)19-13-7-5-4-6-8-13/h4-8,14-17H,9H2,1-3H3,(H2,19,20,28)/t14-,15-,16-,17-/m1/s1. The van der Waals surface area contributed by atoms with Gasteiger partial charge < -0.3 is 29.6 Å². The number of benzene rings is 1. The maximum Gasteiger partial charge on any atom is 0.303 e. The van der Waals surface area contributed by atoms with Crippen LogP contribution in [0.5, 0.6) is 0 Å². The molecule has 0 radical (unpaired) electrons. The predicted octanol–water partition coefficient (Wildman–Crippen LogP) is 1.12. The first-order valence-corrected chi connectivity index (χ1v) is 8.93. The lowest BCUT2D eigenvalue weighted by atomic mass is 10.1. The third-order valence-electron chi connectivity index (χ3n) is 3.67. The fourth-order valence-corrected chi connectivity index (χ4v) is 2.88. The summed E-state index contributed by atoms with van der Waals surface area (Å²) in [6, 6.07) is 9.17. The Hall–Kier alpha value is -2.72. The summed E-state index contributed by atoms with van der Waals surface area (Å²) in [5, 5.41) is 6.07. The average Bonchev–Trinajstić information content (AvgIpc) is 2.89. The van der Waals surface area contributed by atoms with Gasteiger partial charge in [-0.05, 0) is 24.4 Å². The topological polar surface area (TPSA) is 112 Å². The summed E-state index contributed by atoms with van der Waals surface area (Å²) in [4.78, 5) is 34.2.